The van der Waals surface area contributed by atoms with E-state index < -0.39 is 0 Å². The first-order valence-corrected chi connectivity index (χ1v) is 11.3. The highest BCUT2D eigenvalue weighted by atomic mass is 32.1. The second-order valence-corrected chi connectivity index (χ2v) is 7.85. The van der Waals surface area contributed by atoms with Gasteiger partial charge in [-0.2, -0.15) is 0 Å². The van der Waals surface area contributed by atoms with Gasteiger partial charge in [-0.3, -0.25) is 9.79 Å². The molecule has 0 aromatic heterocycles. The van der Waals surface area contributed by atoms with E-state index in [1.165, 1.54) is 0 Å². The fourth-order valence-electron chi connectivity index (χ4n) is 3.07. The first-order valence-electron chi connectivity index (χ1n) is 10.9. The number of aliphatic imine (C=N–C) groups is 1. The molecule has 2 aromatic carbocycles. The van der Waals surface area contributed by atoms with Crippen LogP contribution >= 0.6 is 12.6 Å². The molecule has 2 atom stereocenters. The monoisotopic (exact) mass is 483 g/mol. The van der Waals surface area contributed by atoms with E-state index in [0.29, 0.717) is 24.6 Å². The van der Waals surface area contributed by atoms with Crippen molar-refractivity contribution in [2.24, 2.45) is 10.7 Å². The fourth-order valence-corrected chi connectivity index (χ4v) is 3.35. The molecule has 2 aromatic rings. The molecule has 0 heterocycles. The Bertz CT molecular complexity index is 990. The molecule has 0 amide bonds. The van der Waals surface area contributed by atoms with Crippen LogP contribution in [-0.2, 0) is 9.47 Å². The molecule has 1 aliphatic carbocycles. The van der Waals surface area contributed by atoms with Gasteiger partial charge in [0.1, 0.15) is 36.7 Å². The highest BCUT2D eigenvalue weighted by Crippen LogP contribution is 2.18. The Morgan fingerprint density at radius 1 is 1.12 bits per heavy atom. The zero-order valence-electron chi connectivity index (χ0n) is 19.8. The number of carbonyl (C=O) groups is 1. The topological polar surface area (TPSA) is 95.2 Å². The van der Waals surface area contributed by atoms with Gasteiger partial charge in [-0.05, 0) is 49.0 Å². The summed E-state index contributed by atoms with van der Waals surface area (Å²) in [4.78, 5) is 15.7. The molecule has 1 aliphatic rings. The van der Waals surface area contributed by atoms with Crippen LogP contribution in [-0.4, -0.2) is 65.3 Å². The van der Waals surface area contributed by atoms with Gasteiger partial charge in [-0.15, -0.1) is 12.6 Å². The number of nitrogens with two attached hydrogens (primary N) is 1. The molecule has 3 rings (SSSR count). The average molecular weight is 484 g/mol. The Kier molecular flexibility index (Phi) is 12.1. The normalized spacial score (nSPS) is 17.4. The largest absolute Gasteiger partial charge is 0.489 e. The SMILES string of the molecule is CNCCN=C(N)c1ccccc1S.COC1C=CC(COc2ccc(C=O)cc2)=CC1OC. The number of likely N-dealkylation sites (N-methyl/N-ethyl adjacent to an activating group) is 1. The van der Waals surface area contributed by atoms with Crippen LogP contribution in [0, 0.1) is 0 Å². The van der Waals surface area contributed by atoms with Gasteiger partial charge in [-0.25, -0.2) is 0 Å². The predicted octanol–water partition coefficient (Wildman–Crippen LogP) is 3.30. The van der Waals surface area contributed by atoms with Crippen molar-refractivity contribution in [1.29, 1.82) is 0 Å². The molecular formula is C26H33N3O4S. The maximum atomic E-state index is 10.6. The molecule has 0 saturated carbocycles. The first-order chi connectivity index (χ1) is 16.5. The van der Waals surface area contributed by atoms with Crippen molar-refractivity contribution in [1.82, 2.24) is 5.32 Å². The molecule has 34 heavy (non-hydrogen) atoms. The highest BCUT2D eigenvalue weighted by Gasteiger charge is 2.20. The number of thiol groups is 1. The highest BCUT2D eigenvalue weighted by molar-refractivity contribution is 7.80. The van der Waals surface area contributed by atoms with Crippen LogP contribution in [0.15, 0.2) is 82.2 Å². The van der Waals surface area contributed by atoms with E-state index in [1.807, 2.05) is 49.5 Å². The Hall–Kier alpha value is -2.91. The summed E-state index contributed by atoms with van der Waals surface area (Å²) < 4.78 is 16.3. The molecule has 0 saturated heterocycles. The molecule has 182 valence electrons. The van der Waals surface area contributed by atoms with Crippen LogP contribution in [0.5, 0.6) is 5.75 Å². The summed E-state index contributed by atoms with van der Waals surface area (Å²) in [6.45, 7) is 1.97. The van der Waals surface area contributed by atoms with Crippen LogP contribution in [0.25, 0.3) is 0 Å². The summed E-state index contributed by atoms with van der Waals surface area (Å²) in [7, 11) is 5.20. The quantitative estimate of drug-likeness (QED) is 0.158. The van der Waals surface area contributed by atoms with Crippen molar-refractivity contribution in [2.75, 3.05) is 41.0 Å². The minimum Gasteiger partial charge on any atom is -0.489 e. The van der Waals surface area contributed by atoms with E-state index >= 15 is 0 Å². The first kappa shape index (κ1) is 27.3. The molecule has 0 spiro atoms. The summed E-state index contributed by atoms with van der Waals surface area (Å²) in [5.41, 5.74) is 8.37. The number of hydrogen-bond donors (Lipinski definition) is 3. The van der Waals surface area contributed by atoms with Gasteiger partial charge in [0, 0.05) is 36.8 Å². The number of nitrogens with zero attached hydrogens (tertiary/aromatic N) is 1. The molecular weight excluding hydrogens is 450 g/mol. The Morgan fingerprint density at radius 3 is 2.44 bits per heavy atom. The van der Waals surface area contributed by atoms with Crippen LogP contribution in [0.2, 0.25) is 0 Å². The lowest BCUT2D eigenvalue weighted by Crippen LogP contribution is -2.29. The third-order valence-corrected chi connectivity index (χ3v) is 5.38. The van der Waals surface area contributed by atoms with Crippen molar-refractivity contribution in [2.45, 2.75) is 17.1 Å². The maximum Gasteiger partial charge on any atom is 0.150 e. The second kappa shape index (κ2) is 15.1. The zero-order chi connectivity index (χ0) is 24.8. The Morgan fingerprint density at radius 2 is 1.82 bits per heavy atom. The van der Waals surface area contributed by atoms with Gasteiger partial charge in [0.15, 0.2) is 0 Å². The van der Waals surface area contributed by atoms with Gasteiger partial charge in [0.25, 0.3) is 0 Å². The van der Waals surface area contributed by atoms with Crippen molar-refractivity contribution in [3.8, 4) is 5.75 Å². The minimum absolute atomic E-state index is 0.0596. The summed E-state index contributed by atoms with van der Waals surface area (Å²) in [6.07, 6.45) is 6.58. The molecule has 2 unspecified atom stereocenters. The van der Waals surface area contributed by atoms with Crippen molar-refractivity contribution >= 4 is 24.8 Å². The fraction of sp³-hybridized carbons (Fsp3) is 0.308. The number of aldehydes is 1. The van der Waals surface area contributed by atoms with Gasteiger partial charge in [0.2, 0.25) is 0 Å². The van der Waals surface area contributed by atoms with Crippen molar-refractivity contribution < 1.29 is 19.0 Å². The molecule has 3 N–H and O–H groups in total. The molecule has 0 bridgehead atoms. The summed E-state index contributed by atoms with van der Waals surface area (Å²) >= 11 is 4.31. The molecule has 0 radical (unpaired) electrons. The second-order valence-electron chi connectivity index (χ2n) is 7.36. The summed E-state index contributed by atoms with van der Waals surface area (Å²) in [5.74, 6) is 1.28. The van der Waals surface area contributed by atoms with Crippen molar-refractivity contribution in [3.05, 3.63) is 83.5 Å². The van der Waals surface area contributed by atoms with E-state index in [-0.39, 0.29) is 12.2 Å². The number of nitrogens with one attached hydrogen (secondary N) is 1. The predicted molar refractivity (Wildman–Crippen MR) is 139 cm³/mol. The van der Waals surface area contributed by atoms with E-state index in [4.69, 9.17) is 19.9 Å². The molecule has 0 aliphatic heterocycles. The third-order valence-electron chi connectivity index (χ3n) is 4.99. The van der Waals surface area contributed by atoms with Crippen LogP contribution < -0.4 is 15.8 Å². The number of rotatable bonds is 10. The third kappa shape index (κ3) is 8.79. The average Bonchev–Trinajstić information content (AvgIpc) is 2.88. The van der Waals surface area contributed by atoms with Gasteiger partial charge in [0.05, 0.1) is 6.54 Å². The lowest BCUT2D eigenvalue weighted by molar-refractivity contribution is 0.0131. The minimum atomic E-state index is -0.0963. The lowest BCUT2D eigenvalue weighted by atomic mass is 10.0. The molecule has 7 nitrogen and oxygen atoms in total. The van der Waals surface area contributed by atoms with Gasteiger partial charge >= 0.3 is 0 Å². The standard InChI is InChI=1S/C16H18O4.C10H15N3S/c1-18-15-8-5-13(9-16(15)19-2)11-20-14-6-3-12(10-17)4-7-14;1-12-6-7-13-10(11)8-4-2-3-5-9(8)14/h3-10,15-16H,11H2,1-2H3;2-5,12,14H,6-7H2,1H3,(H2,11,13). The number of methoxy groups -OCH3 is 2. The molecule has 8 heteroatoms. The Balaban J connectivity index is 0.000000257. The summed E-state index contributed by atoms with van der Waals surface area (Å²) in [5, 5.41) is 3.01. The number of ether oxygens (including phenoxy) is 3. The Labute approximate surface area is 207 Å². The van der Waals surface area contributed by atoms with Gasteiger partial charge in [-0.1, -0.05) is 30.4 Å². The lowest BCUT2D eigenvalue weighted by Gasteiger charge is -2.23. The van der Waals surface area contributed by atoms with E-state index in [1.54, 1.807) is 38.5 Å². The van der Waals surface area contributed by atoms with E-state index in [0.717, 1.165) is 34.6 Å². The van der Waals surface area contributed by atoms with E-state index in [2.05, 4.69) is 22.9 Å². The van der Waals surface area contributed by atoms with Crippen LogP contribution in [0.3, 0.4) is 0 Å². The zero-order valence-corrected chi connectivity index (χ0v) is 20.7. The number of hydrogen-bond acceptors (Lipinski definition) is 7. The smallest absolute Gasteiger partial charge is 0.150 e. The van der Waals surface area contributed by atoms with E-state index in [9.17, 15) is 4.79 Å². The van der Waals surface area contributed by atoms with Crippen LogP contribution in [0.4, 0.5) is 0 Å². The molecule has 0 fully saturated rings. The summed E-state index contributed by atoms with van der Waals surface area (Å²) in [6, 6.07) is 14.7. The number of benzene rings is 2. The number of amidine groups is 1. The van der Waals surface area contributed by atoms with Crippen molar-refractivity contribution in [3.63, 3.8) is 0 Å². The number of carbonyl (C=O) groups excluding carboxylic acids is 1. The maximum absolute atomic E-state index is 10.6. The van der Waals surface area contributed by atoms with Gasteiger partial charge < -0.3 is 25.3 Å². The van der Waals surface area contributed by atoms with Crippen LogP contribution in [0.1, 0.15) is 15.9 Å².